The lowest BCUT2D eigenvalue weighted by atomic mass is 9.96. The Bertz CT molecular complexity index is 1100. The molecule has 0 bridgehead atoms. The molecule has 184 valence electrons. The molecular weight excluding hydrogens is 448 g/mol. The summed E-state index contributed by atoms with van der Waals surface area (Å²) in [5.41, 5.74) is 3.40. The van der Waals surface area contributed by atoms with Crippen LogP contribution >= 0.6 is 0 Å². The van der Waals surface area contributed by atoms with Crippen molar-refractivity contribution in [3.05, 3.63) is 59.7 Å². The minimum atomic E-state index is -1.21. The Hall–Kier alpha value is -3.39. The number of amides is 2. The first-order chi connectivity index (χ1) is 16.9. The highest BCUT2D eigenvalue weighted by Gasteiger charge is 2.49. The van der Waals surface area contributed by atoms with Crippen LogP contribution in [0.25, 0.3) is 11.1 Å². The number of carbonyl (C=O) groups is 3. The number of benzene rings is 2. The molecule has 2 heterocycles. The second kappa shape index (κ2) is 9.34. The van der Waals surface area contributed by atoms with Gasteiger partial charge in [0.2, 0.25) is 0 Å². The van der Waals surface area contributed by atoms with Crippen LogP contribution in [0.3, 0.4) is 0 Å². The first-order valence-electron chi connectivity index (χ1n) is 12.2. The van der Waals surface area contributed by atoms with Gasteiger partial charge in [-0.3, -0.25) is 4.79 Å². The molecule has 1 aliphatic carbocycles. The number of nitrogens with zero attached hydrogens (tertiary/aromatic N) is 1. The average Bonchev–Trinajstić information content (AvgIpc) is 3.57. The Kier molecular flexibility index (Phi) is 6.23. The number of hydrogen-bond acceptors (Lipinski definition) is 5. The largest absolute Gasteiger partial charge is 0.480 e. The molecule has 2 aromatic rings. The summed E-state index contributed by atoms with van der Waals surface area (Å²) in [6.07, 6.45) is 0.368. The molecule has 2 fully saturated rings. The van der Waals surface area contributed by atoms with Gasteiger partial charge in [0.05, 0.1) is 0 Å². The highest BCUT2D eigenvalue weighted by atomic mass is 16.5. The topological polar surface area (TPSA) is 105 Å². The van der Waals surface area contributed by atoms with Crippen molar-refractivity contribution in [2.24, 2.45) is 5.92 Å². The fraction of sp³-hybridized carbons (Fsp3) is 0.444. The summed E-state index contributed by atoms with van der Waals surface area (Å²) in [6, 6.07) is 16.3. The smallest absolute Gasteiger partial charge is 0.407 e. The zero-order valence-corrected chi connectivity index (χ0v) is 19.7. The van der Waals surface area contributed by atoms with Crippen molar-refractivity contribution < 1.29 is 29.0 Å². The van der Waals surface area contributed by atoms with E-state index >= 15 is 0 Å². The van der Waals surface area contributed by atoms with Crippen LogP contribution in [0.1, 0.15) is 43.2 Å². The van der Waals surface area contributed by atoms with E-state index in [2.05, 4.69) is 29.6 Å². The summed E-state index contributed by atoms with van der Waals surface area (Å²) in [5.74, 6) is -1.58. The molecule has 2 aromatic carbocycles. The predicted molar refractivity (Wildman–Crippen MR) is 128 cm³/mol. The number of carboxylic acids is 1. The van der Waals surface area contributed by atoms with Gasteiger partial charge < -0.3 is 24.8 Å². The van der Waals surface area contributed by atoms with Crippen LogP contribution in [0.4, 0.5) is 4.79 Å². The molecule has 3 aliphatic rings. The lowest BCUT2D eigenvalue weighted by Gasteiger charge is -2.34. The summed E-state index contributed by atoms with van der Waals surface area (Å²) >= 11 is 0. The normalized spacial score (nSPS) is 25.2. The zero-order valence-electron chi connectivity index (χ0n) is 19.7. The molecule has 2 saturated heterocycles. The molecular formula is C27H30N2O6. The molecule has 2 aliphatic heterocycles. The van der Waals surface area contributed by atoms with Crippen molar-refractivity contribution in [3.8, 4) is 11.1 Å². The maximum absolute atomic E-state index is 13.1. The van der Waals surface area contributed by atoms with E-state index in [0.717, 1.165) is 22.3 Å². The Morgan fingerprint density at radius 2 is 1.77 bits per heavy atom. The van der Waals surface area contributed by atoms with Crippen LogP contribution in [0.2, 0.25) is 0 Å². The number of aliphatic carboxylic acids is 1. The van der Waals surface area contributed by atoms with Crippen LogP contribution in [0, 0.1) is 5.92 Å². The molecule has 0 radical (unpaired) electrons. The van der Waals surface area contributed by atoms with Crippen molar-refractivity contribution in [1.29, 1.82) is 0 Å². The van der Waals surface area contributed by atoms with E-state index in [1.807, 2.05) is 24.3 Å². The van der Waals surface area contributed by atoms with E-state index in [1.165, 1.54) is 4.90 Å². The molecule has 3 atom stereocenters. The number of alkyl carbamates (subject to hydrolysis) is 1. The fourth-order valence-corrected chi connectivity index (χ4v) is 5.67. The van der Waals surface area contributed by atoms with Gasteiger partial charge in [-0.15, -0.1) is 0 Å². The SMILES string of the molecule is C[C@@]1(C(=O)O)CCCN1C(=O)[C@H]1OCC[C@H]1CNC(=O)OCC1c2ccccc2-c2ccccc21. The average molecular weight is 479 g/mol. The van der Waals surface area contributed by atoms with Gasteiger partial charge in [0.15, 0.2) is 0 Å². The lowest BCUT2D eigenvalue weighted by Crippen LogP contribution is -2.55. The van der Waals surface area contributed by atoms with Crippen molar-refractivity contribution in [2.75, 3.05) is 26.3 Å². The van der Waals surface area contributed by atoms with Crippen LogP contribution in [-0.2, 0) is 19.1 Å². The van der Waals surface area contributed by atoms with Gasteiger partial charge in [-0.05, 0) is 48.4 Å². The van der Waals surface area contributed by atoms with E-state index in [4.69, 9.17) is 9.47 Å². The van der Waals surface area contributed by atoms with Crippen LogP contribution in [-0.4, -0.2) is 65.9 Å². The quantitative estimate of drug-likeness (QED) is 0.659. The number of carbonyl (C=O) groups excluding carboxylic acids is 2. The number of nitrogens with one attached hydrogen (secondary N) is 1. The maximum Gasteiger partial charge on any atom is 0.407 e. The number of hydrogen-bond donors (Lipinski definition) is 2. The molecule has 2 amide bonds. The first-order valence-corrected chi connectivity index (χ1v) is 12.2. The van der Waals surface area contributed by atoms with Crippen molar-refractivity contribution in [1.82, 2.24) is 10.2 Å². The Morgan fingerprint density at radius 3 is 2.43 bits per heavy atom. The second-order valence-electron chi connectivity index (χ2n) is 9.72. The summed E-state index contributed by atoms with van der Waals surface area (Å²) < 4.78 is 11.3. The number of likely N-dealkylation sites (tertiary alicyclic amines) is 1. The monoisotopic (exact) mass is 478 g/mol. The van der Waals surface area contributed by atoms with E-state index < -0.39 is 23.7 Å². The Morgan fingerprint density at radius 1 is 1.11 bits per heavy atom. The standard InChI is InChI=1S/C27H30N2O6/c1-27(25(31)32)12-6-13-29(27)24(30)23-17(11-14-34-23)15-28-26(33)35-16-22-20-9-4-2-7-18(20)19-8-3-5-10-21(19)22/h2-5,7-10,17,22-23H,6,11-16H2,1H3,(H,28,33)(H,31,32)/t17-,23-,27-/m0/s1. The molecule has 2 N–H and O–H groups in total. The molecule has 0 saturated carbocycles. The Labute approximate surface area is 204 Å². The van der Waals surface area contributed by atoms with E-state index in [-0.39, 0.29) is 30.9 Å². The van der Waals surface area contributed by atoms with E-state index in [9.17, 15) is 19.5 Å². The second-order valence-corrected chi connectivity index (χ2v) is 9.72. The lowest BCUT2D eigenvalue weighted by molar-refractivity contribution is -0.160. The molecule has 0 spiro atoms. The first kappa shape index (κ1) is 23.4. The zero-order chi connectivity index (χ0) is 24.6. The summed E-state index contributed by atoms with van der Waals surface area (Å²) in [7, 11) is 0. The number of fused-ring (bicyclic) bond motifs is 3. The number of carboxylic acid groups (broad SMARTS) is 1. The van der Waals surface area contributed by atoms with Gasteiger partial charge in [-0.1, -0.05) is 48.5 Å². The fourth-order valence-electron chi connectivity index (χ4n) is 5.67. The van der Waals surface area contributed by atoms with E-state index in [0.29, 0.717) is 32.4 Å². The third-order valence-corrected chi connectivity index (χ3v) is 7.68. The molecule has 35 heavy (non-hydrogen) atoms. The Balaban J connectivity index is 1.18. The van der Waals surface area contributed by atoms with Gasteiger partial charge in [0.25, 0.3) is 5.91 Å². The predicted octanol–water partition coefficient (Wildman–Crippen LogP) is 3.40. The summed E-state index contributed by atoms with van der Waals surface area (Å²) in [4.78, 5) is 38.9. The molecule has 0 aromatic heterocycles. The van der Waals surface area contributed by atoms with Crippen molar-refractivity contribution >= 4 is 18.0 Å². The highest BCUT2D eigenvalue weighted by molar-refractivity contribution is 5.90. The van der Waals surface area contributed by atoms with Gasteiger partial charge in [0, 0.05) is 31.5 Å². The van der Waals surface area contributed by atoms with Gasteiger partial charge >= 0.3 is 12.1 Å². The highest BCUT2D eigenvalue weighted by Crippen LogP contribution is 2.44. The van der Waals surface area contributed by atoms with Gasteiger partial charge in [0.1, 0.15) is 18.2 Å². The third kappa shape index (κ3) is 4.16. The number of rotatable bonds is 6. The summed E-state index contributed by atoms with van der Waals surface area (Å²) in [6.45, 7) is 2.82. The van der Waals surface area contributed by atoms with Crippen molar-refractivity contribution in [3.63, 3.8) is 0 Å². The molecule has 5 rings (SSSR count). The number of ether oxygens (including phenoxy) is 2. The van der Waals surface area contributed by atoms with Crippen molar-refractivity contribution in [2.45, 2.75) is 43.7 Å². The third-order valence-electron chi connectivity index (χ3n) is 7.68. The van der Waals surface area contributed by atoms with Crippen LogP contribution in [0.5, 0.6) is 0 Å². The molecule has 8 nitrogen and oxygen atoms in total. The molecule has 0 unspecified atom stereocenters. The van der Waals surface area contributed by atoms with Crippen LogP contribution < -0.4 is 5.32 Å². The summed E-state index contributed by atoms with van der Waals surface area (Å²) in [5, 5.41) is 12.4. The minimum Gasteiger partial charge on any atom is -0.480 e. The van der Waals surface area contributed by atoms with Gasteiger partial charge in [-0.2, -0.15) is 0 Å². The van der Waals surface area contributed by atoms with Crippen LogP contribution in [0.15, 0.2) is 48.5 Å². The molecule has 8 heteroatoms. The van der Waals surface area contributed by atoms with Gasteiger partial charge in [-0.25, -0.2) is 9.59 Å². The van der Waals surface area contributed by atoms with E-state index in [1.54, 1.807) is 6.92 Å². The minimum absolute atomic E-state index is 0.0267. The maximum atomic E-state index is 13.1.